The van der Waals surface area contributed by atoms with E-state index in [1.54, 1.807) is 24.8 Å². The van der Waals surface area contributed by atoms with E-state index in [-0.39, 0.29) is 5.91 Å². The fourth-order valence-corrected chi connectivity index (χ4v) is 2.35. The molecule has 0 bridgehead atoms. The van der Waals surface area contributed by atoms with Crippen LogP contribution in [0.15, 0.2) is 22.1 Å². The SMILES string of the molecule is COCc1nc(C(=O)Nc2cc(C)c(Br)cn2)cs1. The zero-order valence-corrected chi connectivity index (χ0v) is 12.8. The van der Waals surface area contributed by atoms with Gasteiger partial charge in [-0.3, -0.25) is 4.79 Å². The molecule has 2 heterocycles. The number of carbonyl (C=O) groups is 1. The average molecular weight is 342 g/mol. The maximum absolute atomic E-state index is 12.0. The van der Waals surface area contributed by atoms with Gasteiger partial charge in [0, 0.05) is 23.2 Å². The Bertz CT molecular complexity index is 600. The second kappa shape index (κ2) is 6.23. The molecule has 0 aromatic carbocycles. The summed E-state index contributed by atoms with van der Waals surface area (Å²) in [5, 5.41) is 5.19. The summed E-state index contributed by atoms with van der Waals surface area (Å²) < 4.78 is 5.87. The molecule has 2 aromatic heterocycles. The van der Waals surface area contributed by atoms with Gasteiger partial charge in [0.05, 0.1) is 6.61 Å². The Labute approximate surface area is 123 Å². The standard InChI is InChI=1S/C12H12BrN3O2S/c1-7-3-10(14-4-8(7)13)16-12(17)9-6-19-11(15-9)5-18-2/h3-4,6H,5H2,1-2H3,(H,14,16,17). The molecular weight excluding hydrogens is 330 g/mol. The summed E-state index contributed by atoms with van der Waals surface area (Å²) >= 11 is 4.76. The number of thiazole rings is 1. The van der Waals surface area contributed by atoms with Gasteiger partial charge >= 0.3 is 0 Å². The van der Waals surface area contributed by atoms with Crippen LogP contribution in [0.1, 0.15) is 21.1 Å². The number of aryl methyl sites for hydroxylation is 1. The molecule has 7 heteroatoms. The van der Waals surface area contributed by atoms with Gasteiger partial charge in [0.2, 0.25) is 0 Å². The lowest BCUT2D eigenvalue weighted by Gasteiger charge is -2.04. The van der Waals surface area contributed by atoms with Gasteiger partial charge in [0.1, 0.15) is 16.5 Å². The highest BCUT2D eigenvalue weighted by atomic mass is 79.9. The van der Waals surface area contributed by atoms with Crippen LogP contribution < -0.4 is 5.32 Å². The van der Waals surface area contributed by atoms with Gasteiger partial charge < -0.3 is 10.1 Å². The van der Waals surface area contributed by atoms with Crippen molar-refractivity contribution in [3.05, 3.63) is 38.4 Å². The monoisotopic (exact) mass is 341 g/mol. The number of pyridine rings is 1. The molecule has 0 aliphatic rings. The van der Waals surface area contributed by atoms with Crippen molar-refractivity contribution in [1.82, 2.24) is 9.97 Å². The van der Waals surface area contributed by atoms with Crippen LogP contribution in [-0.4, -0.2) is 23.0 Å². The summed E-state index contributed by atoms with van der Waals surface area (Å²) in [6, 6.07) is 1.80. The van der Waals surface area contributed by atoms with Crippen LogP contribution in [0.25, 0.3) is 0 Å². The molecule has 0 saturated heterocycles. The lowest BCUT2D eigenvalue weighted by atomic mass is 10.3. The van der Waals surface area contributed by atoms with E-state index >= 15 is 0 Å². The van der Waals surface area contributed by atoms with E-state index in [4.69, 9.17) is 4.74 Å². The molecule has 0 radical (unpaired) electrons. The number of hydrogen-bond donors (Lipinski definition) is 1. The van der Waals surface area contributed by atoms with Gasteiger partial charge in [-0.15, -0.1) is 11.3 Å². The molecular formula is C12H12BrN3O2S. The molecule has 5 nitrogen and oxygen atoms in total. The van der Waals surface area contributed by atoms with Crippen LogP contribution in [0.5, 0.6) is 0 Å². The van der Waals surface area contributed by atoms with Crippen molar-refractivity contribution in [2.45, 2.75) is 13.5 Å². The minimum Gasteiger partial charge on any atom is -0.378 e. The minimum absolute atomic E-state index is 0.271. The van der Waals surface area contributed by atoms with E-state index in [0.717, 1.165) is 15.0 Å². The normalized spacial score (nSPS) is 10.5. The molecule has 0 atom stereocenters. The van der Waals surface area contributed by atoms with E-state index in [0.29, 0.717) is 18.1 Å². The highest BCUT2D eigenvalue weighted by Gasteiger charge is 2.12. The van der Waals surface area contributed by atoms with Gasteiger partial charge in [0.25, 0.3) is 5.91 Å². The Morgan fingerprint density at radius 1 is 1.58 bits per heavy atom. The Morgan fingerprint density at radius 2 is 2.37 bits per heavy atom. The number of hydrogen-bond acceptors (Lipinski definition) is 5. The fourth-order valence-electron chi connectivity index (χ4n) is 1.39. The number of amides is 1. The van der Waals surface area contributed by atoms with Crippen LogP contribution in [0.2, 0.25) is 0 Å². The summed E-state index contributed by atoms with van der Waals surface area (Å²) in [4.78, 5) is 20.3. The molecule has 2 rings (SSSR count). The smallest absolute Gasteiger partial charge is 0.276 e. The Balaban J connectivity index is 2.09. The van der Waals surface area contributed by atoms with Gasteiger partial charge in [-0.05, 0) is 34.5 Å². The Kier molecular flexibility index (Phi) is 4.62. The summed E-state index contributed by atoms with van der Waals surface area (Å²) in [7, 11) is 1.59. The van der Waals surface area contributed by atoms with Crippen molar-refractivity contribution >= 4 is 39.0 Å². The number of halogens is 1. The predicted octanol–water partition coefficient (Wildman–Crippen LogP) is 3.01. The van der Waals surface area contributed by atoms with E-state index in [1.165, 1.54) is 11.3 Å². The molecule has 0 unspecified atom stereocenters. The number of carbonyl (C=O) groups excluding carboxylic acids is 1. The van der Waals surface area contributed by atoms with Crippen LogP contribution in [0.4, 0.5) is 5.82 Å². The summed E-state index contributed by atoms with van der Waals surface area (Å²) in [6.07, 6.45) is 1.66. The highest BCUT2D eigenvalue weighted by Crippen LogP contribution is 2.18. The van der Waals surface area contributed by atoms with E-state index in [1.807, 2.05) is 6.92 Å². The van der Waals surface area contributed by atoms with Crippen molar-refractivity contribution in [2.75, 3.05) is 12.4 Å². The summed E-state index contributed by atoms with van der Waals surface area (Å²) in [5.74, 6) is 0.236. The second-order valence-electron chi connectivity index (χ2n) is 3.83. The molecule has 100 valence electrons. The molecule has 1 amide bonds. The first kappa shape index (κ1) is 14.1. The maximum atomic E-state index is 12.0. The lowest BCUT2D eigenvalue weighted by molar-refractivity contribution is 0.102. The largest absolute Gasteiger partial charge is 0.378 e. The summed E-state index contributed by atoms with van der Waals surface area (Å²) in [5.41, 5.74) is 1.38. The molecule has 0 saturated carbocycles. The van der Waals surface area contributed by atoms with Crippen molar-refractivity contribution < 1.29 is 9.53 Å². The highest BCUT2D eigenvalue weighted by molar-refractivity contribution is 9.10. The van der Waals surface area contributed by atoms with Crippen LogP contribution in [0.3, 0.4) is 0 Å². The quantitative estimate of drug-likeness (QED) is 0.928. The first-order valence-corrected chi connectivity index (χ1v) is 7.14. The fraction of sp³-hybridized carbons (Fsp3) is 0.250. The number of aromatic nitrogens is 2. The van der Waals surface area contributed by atoms with Crippen LogP contribution >= 0.6 is 27.3 Å². The molecule has 1 N–H and O–H groups in total. The van der Waals surface area contributed by atoms with Crippen LogP contribution in [0, 0.1) is 6.92 Å². The third-order valence-electron chi connectivity index (χ3n) is 2.34. The topological polar surface area (TPSA) is 64.1 Å². The zero-order valence-electron chi connectivity index (χ0n) is 10.4. The molecule has 19 heavy (non-hydrogen) atoms. The van der Waals surface area contributed by atoms with Crippen molar-refractivity contribution in [2.24, 2.45) is 0 Å². The predicted molar refractivity (Wildman–Crippen MR) is 77.5 cm³/mol. The number of nitrogens with one attached hydrogen (secondary N) is 1. The molecule has 0 aliphatic heterocycles. The average Bonchev–Trinajstić information content (AvgIpc) is 2.83. The van der Waals surface area contributed by atoms with E-state index in [9.17, 15) is 4.79 Å². The third-order valence-corrected chi connectivity index (χ3v) is 3.99. The minimum atomic E-state index is -0.271. The van der Waals surface area contributed by atoms with E-state index in [2.05, 4.69) is 31.2 Å². The Hall–Kier alpha value is -1.31. The van der Waals surface area contributed by atoms with Crippen molar-refractivity contribution in [3.63, 3.8) is 0 Å². The number of nitrogens with zero attached hydrogens (tertiary/aromatic N) is 2. The molecule has 0 spiro atoms. The van der Waals surface area contributed by atoms with E-state index < -0.39 is 0 Å². The lowest BCUT2D eigenvalue weighted by Crippen LogP contribution is -2.13. The number of anilines is 1. The van der Waals surface area contributed by atoms with Crippen molar-refractivity contribution in [3.8, 4) is 0 Å². The molecule has 0 fully saturated rings. The molecule has 2 aromatic rings. The third kappa shape index (κ3) is 3.59. The van der Waals surface area contributed by atoms with Crippen LogP contribution in [-0.2, 0) is 11.3 Å². The molecule has 0 aliphatic carbocycles. The van der Waals surface area contributed by atoms with Gasteiger partial charge in [0.15, 0.2) is 0 Å². The van der Waals surface area contributed by atoms with Crippen molar-refractivity contribution in [1.29, 1.82) is 0 Å². The second-order valence-corrected chi connectivity index (χ2v) is 5.63. The number of methoxy groups -OCH3 is 1. The number of ether oxygens (including phenoxy) is 1. The van der Waals surface area contributed by atoms with Gasteiger partial charge in [-0.1, -0.05) is 0 Å². The zero-order chi connectivity index (χ0) is 13.8. The van der Waals surface area contributed by atoms with Gasteiger partial charge in [-0.25, -0.2) is 9.97 Å². The first-order chi connectivity index (χ1) is 9.10. The Morgan fingerprint density at radius 3 is 3.05 bits per heavy atom. The first-order valence-electron chi connectivity index (χ1n) is 5.47. The van der Waals surface area contributed by atoms with Gasteiger partial charge in [-0.2, -0.15) is 0 Å². The number of rotatable bonds is 4. The maximum Gasteiger partial charge on any atom is 0.276 e. The summed E-state index contributed by atoms with van der Waals surface area (Å²) in [6.45, 7) is 2.34.